The van der Waals surface area contributed by atoms with Crippen LogP contribution in [0.1, 0.15) is 19.8 Å². The molecule has 7 heteroatoms. The molecule has 15 heavy (non-hydrogen) atoms. The molecular weight excluding hydrogens is 222 g/mol. The van der Waals surface area contributed by atoms with E-state index in [2.05, 4.69) is 4.72 Å². The van der Waals surface area contributed by atoms with E-state index in [1.54, 1.807) is 6.92 Å². The number of aliphatic carboxylic acids is 1. The summed E-state index contributed by atoms with van der Waals surface area (Å²) in [7, 11) is -2.04. The summed E-state index contributed by atoms with van der Waals surface area (Å²) in [5, 5.41) is 8.66. The molecule has 0 spiro atoms. The lowest BCUT2D eigenvalue weighted by molar-refractivity contribution is -0.139. The minimum absolute atomic E-state index is 0.120. The molecule has 0 aliphatic rings. The number of sulfonamides is 1. The molecule has 0 rings (SSSR count). The van der Waals surface area contributed by atoms with Crippen LogP contribution in [0.5, 0.6) is 0 Å². The van der Waals surface area contributed by atoms with Gasteiger partial charge in [0.05, 0.1) is 5.75 Å². The van der Waals surface area contributed by atoms with Gasteiger partial charge in [0, 0.05) is 13.7 Å². The first kappa shape index (κ1) is 14.3. The van der Waals surface area contributed by atoms with E-state index in [9.17, 15) is 13.2 Å². The molecule has 0 saturated carbocycles. The van der Waals surface area contributed by atoms with Gasteiger partial charge in [-0.25, -0.2) is 13.1 Å². The van der Waals surface area contributed by atoms with E-state index in [0.29, 0.717) is 13.0 Å². The second-order valence-electron chi connectivity index (χ2n) is 3.08. The lowest BCUT2D eigenvalue weighted by Crippen LogP contribution is -2.41. The molecular formula is C8H17NO5S. The van der Waals surface area contributed by atoms with Gasteiger partial charge in [-0.1, -0.05) is 6.92 Å². The van der Waals surface area contributed by atoms with Crippen molar-refractivity contribution in [2.24, 2.45) is 0 Å². The van der Waals surface area contributed by atoms with Crippen LogP contribution < -0.4 is 4.72 Å². The van der Waals surface area contributed by atoms with Crippen molar-refractivity contribution in [3.63, 3.8) is 0 Å². The van der Waals surface area contributed by atoms with Crippen molar-refractivity contribution in [1.29, 1.82) is 0 Å². The van der Waals surface area contributed by atoms with Crippen LogP contribution in [0, 0.1) is 0 Å². The Balaban J connectivity index is 4.17. The standard InChI is InChI=1S/C8H17NO5S/c1-3-7(8(10)11)9-15(12,13)6-4-5-14-2/h7,9H,3-6H2,1-2H3,(H,10,11). The molecule has 0 saturated heterocycles. The van der Waals surface area contributed by atoms with Crippen molar-refractivity contribution in [3.05, 3.63) is 0 Å². The average molecular weight is 239 g/mol. The zero-order valence-corrected chi connectivity index (χ0v) is 9.71. The zero-order chi connectivity index (χ0) is 11.9. The summed E-state index contributed by atoms with van der Waals surface area (Å²) in [4.78, 5) is 10.6. The van der Waals surface area contributed by atoms with E-state index >= 15 is 0 Å². The van der Waals surface area contributed by atoms with Gasteiger partial charge in [-0.3, -0.25) is 4.79 Å². The summed E-state index contributed by atoms with van der Waals surface area (Å²) in [6.45, 7) is 1.95. The Labute approximate surface area is 89.7 Å². The summed E-state index contributed by atoms with van der Waals surface area (Å²) >= 11 is 0. The molecule has 0 radical (unpaired) electrons. The van der Waals surface area contributed by atoms with Crippen molar-refractivity contribution in [1.82, 2.24) is 4.72 Å². The van der Waals surface area contributed by atoms with Gasteiger partial charge in [0.2, 0.25) is 10.0 Å². The number of nitrogens with one attached hydrogen (secondary N) is 1. The van der Waals surface area contributed by atoms with Gasteiger partial charge in [-0.05, 0) is 12.8 Å². The van der Waals surface area contributed by atoms with Crippen LogP contribution >= 0.6 is 0 Å². The van der Waals surface area contributed by atoms with Crippen LogP contribution in [0.25, 0.3) is 0 Å². The fraction of sp³-hybridized carbons (Fsp3) is 0.875. The number of hydrogen-bond donors (Lipinski definition) is 2. The number of carboxylic acids is 1. The highest BCUT2D eigenvalue weighted by molar-refractivity contribution is 7.89. The third-order valence-corrected chi connectivity index (χ3v) is 3.26. The Hall–Kier alpha value is -0.660. The number of carbonyl (C=O) groups is 1. The second kappa shape index (κ2) is 6.76. The molecule has 0 aliphatic heterocycles. The maximum Gasteiger partial charge on any atom is 0.321 e. The fourth-order valence-electron chi connectivity index (χ4n) is 0.977. The Morgan fingerprint density at radius 3 is 2.53 bits per heavy atom. The van der Waals surface area contributed by atoms with E-state index in [1.807, 2.05) is 0 Å². The lowest BCUT2D eigenvalue weighted by Gasteiger charge is -2.12. The van der Waals surface area contributed by atoms with E-state index in [1.165, 1.54) is 7.11 Å². The molecule has 0 fully saturated rings. The Morgan fingerprint density at radius 2 is 2.13 bits per heavy atom. The van der Waals surface area contributed by atoms with Gasteiger partial charge < -0.3 is 9.84 Å². The van der Waals surface area contributed by atoms with Gasteiger partial charge in [0.1, 0.15) is 6.04 Å². The zero-order valence-electron chi connectivity index (χ0n) is 8.89. The lowest BCUT2D eigenvalue weighted by atomic mass is 10.2. The van der Waals surface area contributed by atoms with Crippen LogP contribution in [-0.4, -0.2) is 45.0 Å². The first-order valence-corrected chi connectivity index (χ1v) is 6.30. The summed E-state index contributed by atoms with van der Waals surface area (Å²) in [5.74, 6) is -1.28. The average Bonchev–Trinajstić information content (AvgIpc) is 2.14. The number of rotatable bonds is 8. The molecule has 0 amide bonds. The van der Waals surface area contributed by atoms with Crippen molar-refractivity contribution in [2.45, 2.75) is 25.8 Å². The summed E-state index contributed by atoms with van der Waals surface area (Å²) < 4.78 is 29.5. The van der Waals surface area contributed by atoms with Crippen LogP contribution in [0.3, 0.4) is 0 Å². The molecule has 2 N–H and O–H groups in total. The van der Waals surface area contributed by atoms with Crippen LogP contribution in [-0.2, 0) is 19.6 Å². The van der Waals surface area contributed by atoms with Gasteiger partial charge in [0.25, 0.3) is 0 Å². The number of methoxy groups -OCH3 is 1. The third-order valence-electron chi connectivity index (χ3n) is 1.79. The molecule has 0 aliphatic carbocycles. The van der Waals surface area contributed by atoms with E-state index in [0.717, 1.165) is 0 Å². The molecule has 6 nitrogen and oxygen atoms in total. The minimum Gasteiger partial charge on any atom is -0.480 e. The highest BCUT2D eigenvalue weighted by atomic mass is 32.2. The smallest absolute Gasteiger partial charge is 0.321 e. The fourth-order valence-corrected chi connectivity index (χ4v) is 2.29. The highest BCUT2D eigenvalue weighted by Crippen LogP contribution is 1.97. The van der Waals surface area contributed by atoms with E-state index in [4.69, 9.17) is 9.84 Å². The molecule has 0 bridgehead atoms. The largest absolute Gasteiger partial charge is 0.480 e. The third kappa shape index (κ3) is 6.43. The predicted molar refractivity (Wildman–Crippen MR) is 55.1 cm³/mol. The maximum absolute atomic E-state index is 11.3. The SMILES string of the molecule is CCC(NS(=O)(=O)CCCOC)C(=O)O. The molecule has 0 aromatic heterocycles. The molecule has 0 aromatic rings. The van der Waals surface area contributed by atoms with E-state index in [-0.39, 0.29) is 12.2 Å². The quantitative estimate of drug-likeness (QED) is 0.572. The van der Waals surface area contributed by atoms with Crippen LogP contribution in [0.2, 0.25) is 0 Å². The number of carboxylic acid groups (broad SMARTS) is 1. The number of hydrogen-bond acceptors (Lipinski definition) is 4. The molecule has 0 aromatic carbocycles. The molecule has 90 valence electrons. The van der Waals surface area contributed by atoms with Crippen molar-refractivity contribution in [3.8, 4) is 0 Å². The Morgan fingerprint density at radius 1 is 1.53 bits per heavy atom. The normalized spacial score (nSPS) is 13.7. The number of ether oxygens (including phenoxy) is 1. The minimum atomic E-state index is -3.52. The van der Waals surface area contributed by atoms with Crippen molar-refractivity contribution in [2.75, 3.05) is 19.5 Å². The first-order valence-electron chi connectivity index (χ1n) is 4.64. The Bertz CT molecular complexity index is 287. The topological polar surface area (TPSA) is 92.7 Å². The summed E-state index contributed by atoms with van der Waals surface area (Å²) in [5.41, 5.74) is 0. The molecule has 1 unspecified atom stereocenters. The highest BCUT2D eigenvalue weighted by Gasteiger charge is 2.21. The van der Waals surface area contributed by atoms with Gasteiger partial charge >= 0.3 is 5.97 Å². The predicted octanol–water partition coefficient (Wildman–Crippen LogP) is -0.194. The maximum atomic E-state index is 11.3. The van der Waals surface area contributed by atoms with Gasteiger partial charge in [-0.2, -0.15) is 0 Å². The van der Waals surface area contributed by atoms with Gasteiger partial charge in [-0.15, -0.1) is 0 Å². The molecule has 1 atom stereocenters. The Kier molecular flexibility index (Phi) is 6.46. The second-order valence-corrected chi connectivity index (χ2v) is 4.96. The van der Waals surface area contributed by atoms with E-state index < -0.39 is 22.0 Å². The van der Waals surface area contributed by atoms with Crippen LogP contribution in [0.15, 0.2) is 0 Å². The summed E-state index contributed by atoms with van der Waals surface area (Å²) in [6, 6.07) is -1.04. The first-order chi connectivity index (χ1) is 6.93. The van der Waals surface area contributed by atoms with Crippen LogP contribution in [0.4, 0.5) is 0 Å². The monoisotopic (exact) mass is 239 g/mol. The van der Waals surface area contributed by atoms with Crippen molar-refractivity contribution < 1.29 is 23.1 Å². The molecule has 0 heterocycles. The summed E-state index contributed by atoms with van der Waals surface area (Å²) in [6.07, 6.45) is 0.570. The van der Waals surface area contributed by atoms with Crippen molar-refractivity contribution >= 4 is 16.0 Å². The van der Waals surface area contributed by atoms with Gasteiger partial charge in [0.15, 0.2) is 0 Å².